The van der Waals surface area contributed by atoms with Crippen molar-refractivity contribution < 1.29 is 13.9 Å². The van der Waals surface area contributed by atoms with Crippen LogP contribution >= 0.6 is 11.8 Å². The van der Waals surface area contributed by atoms with Crippen LogP contribution in [-0.4, -0.2) is 28.0 Å². The van der Waals surface area contributed by atoms with Gasteiger partial charge < -0.3 is 15.0 Å². The molecule has 8 heteroatoms. The summed E-state index contributed by atoms with van der Waals surface area (Å²) in [5, 5.41) is 8.84. The molecule has 0 spiro atoms. The van der Waals surface area contributed by atoms with Gasteiger partial charge in [0.2, 0.25) is 5.16 Å². The number of furan rings is 1. The number of rotatable bonds is 5. The largest absolute Gasteiger partial charge is 0.465 e. The molecule has 25 heavy (non-hydrogen) atoms. The molecular formula is C17H18N4O3S. The number of hydrogen-bond donors (Lipinski definition) is 1. The number of carbonyl (C=O) groups excluding carboxylic acids is 1. The normalized spacial score (nSPS) is 10.8. The summed E-state index contributed by atoms with van der Waals surface area (Å²) in [6.45, 7) is 3.74. The van der Waals surface area contributed by atoms with Crippen LogP contribution in [0.25, 0.3) is 11.4 Å². The van der Waals surface area contributed by atoms with Crippen LogP contribution in [0.4, 0.5) is 0 Å². The van der Waals surface area contributed by atoms with Crippen molar-refractivity contribution in [3.63, 3.8) is 0 Å². The van der Waals surface area contributed by atoms with Crippen LogP contribution in [0.1, 0.15) is 27.4 Å². The topological polar surface area (TPSA) is 96.2 Å². The summed E-state index contributed by atoms with van der Waals surface area (Å²) >= 11 is 1.38. The van der Waals surface area contributed by atoms with Crippen LogP contribution in [0.5, 0.6) is 0 Å². The molecule has 2 N–H and O–H groups in total. The van der Waals surface area contributed by atoms with Crippen molar-refractivity contribution in [2.75, 3.05) is 13.0 Å². The summed E-state index contributed by atoms with van der Waals surface area (Å²) in [6, 6.07) is 9.57. The van der Waals surface area contributed by atoms with Gasteiger partial charge in [0.25, 0.3) is 0 Å². The number of carbonyl (C=O) groups is 1. The lowest BCUT2D eigenvalue weighted by Gasteiger charge is -2.03. The van der Waals surface area contributed by atoms with Crippen LogP contribution in [0.2, 0.25) is 0 Å². The van der Waals surface area contributed by atoms with Gasteiger partial charge in [-0.1, -0.05) is 41.6 Å². The van der Waals surface area contributed by atoms with E-state index in [0.29, 0.717) is 33.8 Å². The second-order valence-electron chi connectivity index (χ2n) is 5.51. The lowest BCUT2D eigenvalue weighted by molar-refractivity contribution is 0.0599. The molecule has 0 saturated carbocycles. The Morgan fingerprint density at radius 3 is 2.68 bits per heavy atom. The number of benzene rings is 1. The van der Waals surface area contributed by atoms with Gasteiger partial charge in [-0.3, -0.25) is 0 Å². The maximum Gasteiger partial charge on any atom is 0.341 e. The smallest absolute Gasteiger partial charge is 0.341 e. The van der Waals surface area contributed by atoms with Gasteiger partial charge >= 0.3 is 5.97 Å². The fraction of sp³-hybridized carbons (Fsp3) is 0.235. The summed E-state index contributed by atoms with van der Waals surface area (Å²) in [6.07, 6.45) is 0. The average Bonchev–Trinajstić information content (AvgIpc) is 3.16. The molecule has 0 radical (unpaired) electrons. The molecule has 3 rings (SSSR count). The highest BCUT2D eigenvalue weighted by atomic mass is 32.2. The van der Waals surface area contributed by atoms with E-state index in [2.05, 4.69) is 10.2 Å². The number of aryl methyl sites for hydroxylation is 2. The van der Waals surface area contributed by atoms with Crippen molar-refractivity contribution in [1.29, 1.82) is 0 Å². The molecule has 2 aromatic heterocycles. The van der Waals surface area contributed by atoms with Crippen molar-refractivity contribution in [2.24, 2.45) is 0 Å². The molecule has 3 aromatic rings. The predicted octanol–water partition coefficient (Wildman–Crippen LogP) is 2.95. The number of hydrogen-bond acceptors (Lipinski definition) is 7. The second-order valence-corrected chi connectivity index (χ2v) is 6.45. The molecule has 0 saturated heterocycles. The van der Waals surface area contributed by atoms with E-state index in [1.165, 1.54) is 23.5 Å². The third-order valence-electron chi connectivity index (χ3n) is 3.69. The second kappa shape index (κ2) is 7.02. The summed E-state index contributed by atoms with van der Waals surface area (Å²) < 4.78 is 11.8. The van der Waals surface area contributed by atoms with Gasteiger partial charge in [0.15, 0.2) is 5.82 Å². The molecule has 0 aliphatic rings. The van der Waals surface area contributed by atoms with E-state index in [4.69, 9.17) is 15.0 Å². The zero-order valence-corrected chi connectivity index (χ0v) is 15.0. The fourth-order valence-electron chi connectivity index (χ4n) is 2.34. The minimum atomic E-state index is -0.416. The number of thioether (sulfide) groups is 1. The first-order valence-electron chi connectivity index (χ1n) is 7.57. The number of methoxy groups -OCH3 is 1. The maximum absolute atomic E-state index is 11.6. The first-order chi connectivity index (χ1) is 12.0. The number of nitrogen functional groups attached to an aromatic ring is 1. The van der Waals surface area contributed by atoms with E-state index in [1.54, 1.807) is 13.0 Å². The SMILES string of the molecule is COC(=O)c1cc(CSc2nnc(-c3ccc(C)cc3)n2N)oc1C. The van der Waals surface area contributed by atoms with Crippen LogP contribution in [0.15, 0.2) is 39.9 Å². The van der Waals surface area contributed by atoms with Crippen molar-refractivity contribution in [2.45, 2.75) is 24.8 Å². The van der Waals surface area contributed by atoms with Gasteiger partial charge in [-0.15, -0.1) is 10.2 Å². The van der Waals surface area contributed by atoms with Crippen molar-refractivity contribution in [3.05, 3.63) is 53.0 Å². The molecule has 0 fully saturated rings. The molecule has 0 bridgehead atoms. The van der Waals surface area contributed by atoms with Gasteiger partial charge in [0.05, 0.1) is 12.9 Å². The van der Waals surface area contributed by atoms with E-state index < -0.39 is 5.97 Å². The Balaban J connectivity index is 1.74. The summed E-state index contributed by atoms with van der Waals surface area (Å²) in [4.78, 5) is 11.6. The predicted molar refractivity (Wildman–Crippen MR) is 94.7 cm³/mol. The Kier molecular flexibility index (Phi) is 4.80. The summed E-state index contributed by atoms with van der Waals surface area (Å²) in [5.41, 5.74) is 2.48. The molecule has 130 valence electrons. The Labute approximate surface area is 149 Å². The first kappa shape index (κ1) is 17.1. The number of aromatic nitrogens is 3. The van der Waals surface area contributed by atoms with Crippen LogP contribution < -0.4 is 5.84 Å². The van der Waals surface area contributed by atoms with E-state index in [0.717, 1.165) is 11.1 Å². The Hall–Kier alpha value is -2.74. The highest BCUT2D eigenvalue weighted by Gasteiger charge is 2.17. The number of nitrogens with zero attached hydrogens (tertiary/aromatic N) is 3. The van der Waals surface area contributed by atoms with E-state index >= 15 is 0 Å². The highest BCUT2D eigenvalue weighted by Crippen LogP contribution is 2.26. The number of ether oxygens (including phenoxy) is 1. The third kappa shape index (κ3) is 3.53. The molecule has 0 amide bonds. The maximum atomic E-state index is 11.6. The lowest BCUT2D eigenvalue weighted by Crippen LogP contribution is -2.11. The van der Waals surface area contributed by atoms with Gasteiger partial charge in [0.1, 0.15) is 17.1 Å². The van der Waals surface area contributed by atoms with E-state index in [-0.39, 0.29) is 0 Å². The van der Waals surface area contributed by atoms with Gasteiger partial charge in [-0.05, 0) is 19.9 Å². The number of esters is 1. The lowest BCUT2D eigenvalue weighted by atomic mass is 10.1. The van der Waals surface area contributed by atoms with E-state index in [1.807, 2.05) is 31.2 Å². The molecule has 0 unspecified atom stereocenters. The molecule has 0 aliphatic carbocycles. The van der Waals surface area contributed by atoms with Crippen LogP contribution in [-0.2, 0) is 10.5 Å². The van der Waals surface area contributed by atoms with Crippen molar-refractivity contribution >= 4 is 17.7 Å². The van der Waals surface area contributed by atoms with Gasteiger partial charge in [-0.25, -0.2) is 9.47 Å². The molecule has 0 atom stereocenters. The Morgan fingerprint density at radius 2 is 2.00 bits per heavy atom. The zero-order valence-electron chi connectivity index (χ0n) is 14.1. The Bertz CT molecular complexity index is 899. The van der Waals surface area contributed by atoms with Crippen molar-refractivity contribution in [1.82, 2.24) is 14.9 Å². The molecular weight excluding hydrogens is 340 g/mol. The van der Waals surface area contributed by atoms with Crippen LogP contribution in [0, 0.1) is 13.8 Å². The molecule has 1 aromatic carbocycles. The average molecular weight is 358 g/mol. The minimum absolute atomic E-state index is 0.416. The first-order valence-corrected chi connectivity index (χ1v) is 8.56. The van der Waals surface area contributed by atoms with Crippen molar-refractivity contribution in [3.8, 4) is 11.4 Å². The number of nitrogens with two attached hydrogens (primary N) is 1. The van der Waals surface area contributed by atoms with Gasteiger partial charge in [0, 0.05) is 5.56 Å². The monoisotopic (exact) mass is 358 g/mol. The summed E-state index contributed by atoms with van der Waals surface area (Å²) in [7, 11) is 1.34. The quantitative estimate of drug-likeness (QED) is 0.425. The standard InChI is InChI=1S/C17H18N4O3S/c1-10-4-6-12(7-5-10)15-19-20-17(21(15)18)25-9-13-8-14(11(2)24-13)16(22)23-3/h4-8H,9,18H2,1-3H3. The third-order valence-corrected chi connectivity index (χ3v) is 4.66. The highest BCUT2D eigenvalue weighted by molar-refractivity contribution is 7.98. The summed E-state index contributed by atoms with van der Waals surface area (Å²) in [5.74, 6) is 7.92. The molecule has 2 heterocycles. The van der Waals surface area contributed by atoms with Crippen LogP contribution in [0.3, 0.4) is 0 Å². The Morgan fingerprint density at radius 1 is 1.28 bits per heavy atom. The fourth-order valence-corrected chi connectivity index (χ4v) is 3.08. The molecule has 7 nitrogen and oxygen atoms in total. The zero-order chi connectivity index (χ0) is 18.0. The van der Waals surface area contributed by atoms with E-state index in [9.17, 15) is 4.79 Å². The minimum Gasteiger partial charge on any atom is -0.465 e. The van der Waals surface area contributed by atoms with Gasteiger partial charge in [-0.2, -0.15) is 0 Å². The molecule has 0 aliphatic heterocycles.